The van der Waals surface area contributed by atoms with Crippen molar-refractivity contribution >= 4 is 5.91 Å². The predicted octanol–water partition coefficient (Wildman–Crippen LogP) is 2.48. The Morgan fingerprint density at radius 1 is 1.22 bits per heavy atom. The van der Waals surface area contributed by atoms with Crippen molar-refractivity contribution in [1.29, 1.82) is 0 Å². The van der Waals surface area contributed by atoms with E-state index in [4.69, 9.17) is 4.74 Å². The lowest BCUT2D eigenvalue weighted by Crippen LogP contribution is -2.46. The topological polar surface area (TPSA) is 54.5 Å². The zero-order valence-electron chi connectivity index (χ0n) is 13.8. The molecule has 1 aliphatic carbocycles. The Labute approximate surface area is 138 Å². The first-order chi connectivity index (χ1) is 11.3. The van der Waals surface area contributed by atoms with Crippen LogP contribution in [0.1, 0.15) is 48.9 Å². The quantitative estimate of drug-likeness (QED) is 0.906. The van der Waals surface area contributed by atoms with Gasteiger partial charge in [0.1, 0.15) is 0 Å². The van der Waals surface area contributed by atoms with Crippen LogP contribution in [0.5, 0.6) is 5.88 Å². The first kappa shape index (κ1) is 16.2. The molecule has 1 aromatic heterocycles. The summed E-state index contributed by atoms with van der Waals surface area (Å²) in [4.78, 5) is 18.5. The van der Waals surface area contributed by atoms with E-state index >= 15 is 0 Å². The van der Waals surface area contributed by atoms with Crippen molar-refractivity contribution in [3.8, 4) is 5.88 Å². The van der Waals surface area contributed by atoms with E-state index in [-0.39, 0.29) is 5.91 Å². The minimum atomic E-state index is 0.0627. The highest BCUT2D eigenvalue weighted by Gasteiger charge is 2.18. The summed E-state index contributed by atoms with van der Waals surface area (Å²) in [5, 5.41) is 3.25. The van der Waals surface area contributed by atoms with Crippen LogP contribution in [-0.2, 0) is 0 Å². The van der Waals surface area contributed by atoms with Crippen molar-refractivity contribution in [3.63, 3.8) is 0 Å². The number of carbonyl (C=O) groups is 1. The molecule has 1 aliphatic heterocycles. The van der Waals surface area contributed by atoms with Crippen LogP contribution in [0.15, 0.2) is 18.3 Å². The smallest absolute Gasteiger partial charge is 0.255 e. The third kappa shape index (κ3) is 4.67. The van der Waals surface area contributed by atoms with Gasteiger partial charge in [-0.05, 0) is 18.4 Å². The number of hydrogen-bond acceptors (Lipinski definition) is 4. The van der Waals surface area contributed by atoms with Gasteiger partial charge in [-0.2, -0.15) is 0 Å². The summed E-state index contributed by atoms with van der Waals surface area (Å²) in [6, 6.07) is 3.64. The van der Waals surface area contributed by atoms with Crippen molar-refractivity contribution in [2.75, 3.05) is 32.8 Å². The molecule has 3 rings (SSSR count). The van der Waals surface area contributed by atoms with Crippen molar-refractivity contribution in [3.05, 3.63) is 23.9 Å². The summed E-state index contributed by atoms with van der Waals surface area (Å²) in [5.74, 6) is 1.50. The van der Waals surface area contributed by atoms with Crippen LogP contribution < -0.4 is 10.1 Å². The molecule has 0 aromatic carbocycles. The minimum absolute atomic E-state index is 0.0627. The number of hydrogen-bond donors (Lipinski definition) is 1. The van der Waals surface area contributed by atoms with Gasteiger partial charge in [0.05, 0.1) is 12.2 Å². The number of piperazine rings is 1. The number of nitrogens with zero attached hydrogens (tertiary/aromatic N) is 2. The molecule has 23 heavy (non-hydrogen) atoms. The second-order valence-corrected chi connectivity index (χ2v) is 6.57. The highest BCUT2D eigenvalue weighted by Crippen LogP contribution is 2.26. The molecule has 1 amide bonds. The van der Waals surface area contributed by atoms with Gasteiger partial charge in [-0.3, -0.25) is 4.79 Å². The lowest BCUT2D eigenvalue weighted by Gasteiger charge is -2.27. The van der Waals surface area contributed by atoms with E-state index in [9.17, 15) is 4.79 Å². The Hall–Kier alpha value is -1.62. The van der Waals surface area contributed by atoms with Gasteiger partial charge in [0, 0.05) is 38.4 Å². The van der Waals surface area contributed by atoms with Gasteiger partial charge in [0.15, 0.2) is 0 Å². The molecule has 1 saturated heterocycles. The standard InChI is InChI=1S/C18H27N3O2/c22-18(21-11-9-19-10-12-21)16-6-7-17(20-14-16)23-13-8-15-4-2-1-3-5-15/h6-7,14-15,19H,1-5,8-13H2. The Bertz CT molecular complexity index is 491. The van der Waals surface area contributed by atoms with Crippen LogP contribution in [0.2, 0.25) is 0 Å². The number of aromatic nitrogens is 1. The summed E-state index contributed by atoms with van der Waals surface area (Å²) in [7, 11) is 0. The zero-order valence-corrected chi connectivity index (χ0v) is 13.8. The molecule has 1 N–H and O–H groups in total. The fourth-order valence-corrected chi connectivity index (χ4v) is 3.45. The molecule has 2 heterocycles. The van der Waals surface area contributed by atoms with E-state index < -0.39 is 0 Å². The normalized spacial score (nSPS) is 19.6. The molecule has 5 nitrogen and oxygen atoms in total. The highest BCUT2D eigenvalue weighted by atomic mass is 16.5. The predicted molar refractivity (Wildman–Crippen MR) is 89.7 cm³/mol. The molecule has 0 radical (unpaired) electrons. The molecule has 0 atom stereocenters. The Kier molecular flexibility index (Phi) is 5.86. The number of pyridine rings is 1. The molecule has 1 aromatic rings. The van der Waals surface area contributed by atoms with Gasteiger partial charge in [-0.1, -0.05) is 32.1 Å². The van der Waals surface area contributed by atoms with Gasteiger partial charge in [-0.15, -0.1) is 0 Å². The van der Waals surface area contributed by atoms with Crippen LogP contribution >= 0.6 is 0 Å². The average molecular weight is 317 g/mol. The molecule has 0 spiro atoms. The van der Waals surface area contributed by atoms with Crippen LogP contribution in [0.3, 0.4) is 0 Å². The number of ether oxygens (including phenoxy) is 1. The minimum Gasteiger partial charge on any atom is -0.478 e. The lowest BCUT2D eigenvalue weighted by molar-refractivity contribution is 0.0735. The molecule has 0 bridgehead atoms. The van der Waals surface area contributed by atoms with E-state index in [0.717, 1.165) is 45.1 Å². The average Bonchev–Trinajstić information content (AvgIpc) is 2.63. The number of nitrogens with one attached hydrogen (secondary N) is 1. The fraction of sp³-hybridized carbons (Fsp3) is 0.667. The number of rotatable bonds is 5. The van der Waals surface area contributed by atoms with Crippen LogP contribution in [0.4, 0.5) is 0 Å². The largest absolute Gasteiger partial charge is 0.478 e. The third-order valence-corrected chi connectivity index (χ3v) is 4.89. The van der Waals surface area contributed by atoms with Crippen LogP contribution in [-0.4, -0.2) is 48.6 Å². The van der Waals surface area contributed by atoms with E-state index in [1.54, 1.807) is 6.20 Å². The molecular weight excluding hydrogens is 290 g/mol. The van der Waals surface area contributed by atoms with Gasteiger partial charge in [0.25, 0.3) is 5.91 Å². The zero-order chi connectivity index (χ0) is 15.9. The van der Waals surface area contributed by atoms with Gasteiger partial charge in [0.2, 0.25) is 5.88 Å². The summed E-state index contributed by atoms with van der Waals surface area (Å²) < 4.78 is 5.74. The van der Waals surface area contributed by atoms with E-state index in [1.807, 2.05) is 17.0 Å². The lowest BCUT2D eigenvalue weighted by atomic mass is 9.87. The number of amides is 1. The SMILES string of the molecule is O=C(c1ccc(OCCC2CCCCC2)nc1)N1CCNCC1. The summed E-state index contributed by atoms with van der Waals surface area (Å²) >= 11 is 0. The van der Waals surface area contributed by atoms with Crippen molar-refractivity contribution in [2.45, 2.75) is 38.5 Å². The highest BCUT2D eigenvalue weighted by molar-refractivity contribution is 5.94. The molecule has 2 aliphatic rings. The van der Waals surface area contributed by atoms with E-state index in [2.05, 4.69) is 10.3 Å². The van der Waals surface area contributed by atoms with Gasteiger partial charge in [-0.25, -0.2) is 4.98 Å². The number of carbonyl (C=O) groups excluding carboxylic acids is 1. The Balaban J connectivity index is 1.45. The monoisotopic (exact) mass is 317 g/mol. The molecule has 126 valence electrons. The Morgan fingerprint density at radius 2 is 2.00 bits per heavy atom. The van der Waals surface area contributed by atoms with Crippen LogP contribution in [0, 0.1) is 5.92 Å². The van der Waals surface area contributed by atoms with Gasteiger partial charge < -0.3 is 15.0 Å². The second-order valence-electron chi connectivity index (χ2n) is 6.57. The van der Waals surface area contributed by atoms with Crippen molar-refractivity contribution in [2.24, 2.45) is 5.92 Å². The Morgan fingerprint density at radius 3 is 2.70 bits per heavy atom. The fourth-order valence-electron chi connectivity index (χ4n) is 3.45. The summed E-state index contributed by atoms with van der Waals surface area (Å²) in [6.45, 7) is 3.97. The van der Waals surface area contributed by atoms with Crippen molar-refractivity contribution in [1.82, 2.24) is 15.2 Å². The first-order valence-corrected chi connectivity index (χ1v) is 8.92. The first-order valence-electron chi connectivity index (χ1n) is 8.92. The van der Waals surface area contributed by atoms with E-state index in [0.29, 0.717) is 11.4 Å². The maximum Gasteiger partial charge on any atom is 0.255 e. The molecule has 0 unspecified atom stereocenters. The van der Waals surface area contributed by atoms with Crippen molar-refractivity contribution < 1.29 is 9.53 Å². The molecular formula is C18H27N3O2. The second kappa shape index (κ2) is 8.29. The van der Waals surface area contributed by atoms with Gasteiger partial charge >= 0.3 is 0 Å². The summed E-state index contributed by atoms with van der Waals surface area (Å²) in [5.41, 5.74) is 0.645. The summed E-state index contributed by atoms with van der Waals surface area (Å²) in [6.07, 6.45) is 9.56. The molecule has 1 saturated carbocycles. The maximum atomic E-state index is 12.3. The van der Waals surface area contributed by atoms with Crippen LogP contribution in [0.25, 0.3) is 0 Å². The third-order valence-electron chi connectivity index (χ3n) is 4.89. The molecule has 5 heteroatoms. The van der Waals surface area contributed by atoms with E-state index in [1.165, 1.54) is 32.1 Å². The maximum absolute atomic E-state index is 12.3. The molecule has 2 fully saturated rings.